The number of guanidine groups is 1. The van der Waals surface area contributed by atoms with Crippen molar-refractivity contribution in [1.29, 1.82) is 0 Å². The maximum absolute atomic E-state index is 12.6. The Hall–Kier alpha value is -2.41. The highest BCUT2D eigenvalue weighted by atomic mass is 32.1. The molecule has 0 aliphatic carbocycles. The number of rotatable bonds is 6. The summed E-state index contributed by atoms with van der Waals surface area (Å²) < 4.78 is 0. The summed E-state index contributed by atoms with van der Waals surface area (Å²) >= 11 is 1.68. The van der Waals surface area contributed by atoms with Gasteiger partial charge in [-0.25, -0.2) is 4.98 Å². The Morgan fingerprint density at radius 1 is 1.21 bits per heavy atom. The van der Waals surface area contributed by atoms with Crippen LogP contribution in [0.5, 0.6) is 0 Å². The monoisotopic (exact) mass is 413 g/mol. The minimum absolute atomic E-state index is 0.132. The number of aliphatic imine (C=N–C) groups is 1. The van der Waals surface area contributed by atoms with Crippen LogP contribution in [0.1, 0.15) is 34.0 Å². The van der Waals surface area contributed by atoms with E-state index < -0.39 is 0 Å². The zero-order valence-corrected chi connectivity index (χ0v) is 18.4. The number of benzene rings is 1. The summed E-state index contributed by atoms with van der Waals surface area (Å²) in [7, 11) is 1.72. The topological polar surface area (TPSA) is 69.6 Å². The van der Waals surface area contributed by atoms with Crippen molar-refractivity contribution >= 4 is 23.2 Å². The van der Waals surface area contributed by atoms with Crippen LogP contribution in [-0.2, 0) is 17.8 Å². The number of piperidine rings is 1. The second-order valence-electron chi connectivity index (χ2n) is 7.54. The van der Waals surface area contributed by atoms with Crippen molar-refractivity contribution in [1.82, 2.24) is 20.5 Å². The van der Waals surface area contributed by atoms with Gasteiger partial charge in [0.15, 0.2) is 5.96 Å². The smallest absolute Gasteiger partial charge is 0.241 e. The van der Waals surface area contributed by atoms with Gasteiger partial charge in [-0.2, -0.15) is 0 Å². The van der Waals surface area contributed by atoms with Gasteiger partial charge in [-0.05, 0) is 44.6 Å². The third kappa shape index (κ3) is 6.29. The molecule has 156 valence electrons. The number of likely N-dealkylation sites (tertiary alicyclic amines) is 1. The molecule has 3 rings (SSSR count). The van der Waals surface area contributed by atoms with E-state index in [1.165, 1.54) is 10.4 Å². The summed E-state index contributed by atoms with van der Waals surface area (Å²) in [6.45, 7) is 6.63. The van der Waals surface area contributed by atoms with Crippen molar-refractivity contribution in [2.45, 2.75) is 39.7 Å². The lowest BCUT2D eigenvalue weighted by Gasteiger charge is -2.32. The molecule has 2 heterocycles. The summed E-state index contributed by atoms with van der Waals surface area (Å²) in [5.41, 5.74) is 2.46. The highest BCUT2D eigenvalue weighted by Crippen LogP contribution is 2.21. The molecule has 0 saturated carbocycles. The largest absolute Gasteiger partial charge is 0.350 e. The Labute approximate surface area is 177 Å². The van der Waals surface area contributed by atoms with E-state index in [-0.39, 0.29) is 12.5 Å². The molecular weight excluding hydrogens is 382 g/mol. The summed E-state index contributed by atoms with van der Waals surface area (Å²) in [5, 5.41) is 7.39. The molecule has 0 unspecified atom stereocenters. The molecule has 1 amide bonds. The van der Waals surface area contributed by atoms with E-state index in [0.29, 0.717) is 18.4 Å². The maximum Gasteiger partial charge on any atom is 0.241 e. The molecule has 1 aromatic carbocycles. The molecule has 29 heavy (non-hydrogen) atoms. The van der Waals surface area contributed by atoms with Crippen LogP contribution in [0.15, 0.2) is 35.3 Å². The van der Waals surface area contributed by atoms with Crippen LogP contribution < -0.4 is 10.6 Å². The molecule has 0 bridgehead atoms. The Morgan fingerprint density at radius 3 is 2.55 bits per heavy atom. The lowest BCUT2D eigenvalue weighted by Crippen LogP contribution is -2.46. The highest BCUT2D eigenvalue weighted by molar-refractivity contribution is 7.11. The average Bonchev–Trinajstić information content (AvgIpc) is 3.06. The molecule has 0 spiro atoms. The average molecular weight is 414 g/mol. The van der Waals surface area contributed by atoms with E-state index in [2.05, 4.69) is 57.9 Å². The van der Waals surface area contributed by atoms with Crippen LogP contribution in [0.4, 0.5) is 0 Å². The predicted octanol–water partition coefficient (Wildman–Crippen LogP) is 2.91. The molecular formula is C22H31N5OS. The van der Waals surface area contributed by atoms with E-state index in [1.54, 1.807) is 18.4 Å². The summed E-state index contributed by atoms with van der Waals surface area (Å²) in [4.78, 5) is 24.5. The molecule has 1 aliphatic heterocycles. The standard InChI is InChI=1S/C22H31N5OS/c1-16-17(2)29-20(26-16)14-24-22(23-3)25-15-21(28)27-11-9-19(10-12-27)13-18-7-5-4-6-8-18/h4-8,19H,9-15H2,1-3H3,(H2,23,24,25). The summed E-state index contributed by atoms with van der Waals surface area (Å²) in [5.74, 6) is 1.42. The SMILES string of the molecule is CN=C(NCC(=O)N1CCC(Cc2ccccc2)CC1)NCc1nc(C)c(C)s1. The molecule has 1 fully saturated rings. The molecule has 0 atom stereocenters. The number of hydrogen-bond acceptors (Lipinski definition) is 4. The van der Waals surface area contributed by atoms with Gasteiger partial charge in [0.1, 0.15) is 5.01 Å². The molecule has 0 radical (unpaired) electrons. The predicted molar refractivity (Wildman–Crippen MR) is 119 cm³/mol. The number of aromatic nitrogens is 1. The Kier molecular flexibility index (Phi) is 7.63. The second-order valence-corrected chi connectivity index (χ2v) is 8.83. The lowest BCUT2D eigenvalue weighted by atomic mass is 9.90. The molecule has 1 aliphatic rings. The summed E-state index contributed by atoms with van der Waals surface area (Å²) in [6.07, 6.45) is 3.24. The third-order valence-corrected chi connectivity index (χ3v) is 6.52. The van der Waals surface area contributed by atoms with E-state index in [4.69, 9.17) is 0 Å². The Morgan fingerprint density at radius 2 is 1.93 bits per heavy atom. The van der Waals surface area contributed by atoms with Crippen molar-refractivity contribution in [2.75, 3.05) is 26.7 Å². The lowest BCUT2D eigenvalue weighted by molar-refractivity contribution is -0.131. The number of carbonyl (C=O) groups excluding carboxylic acids is 1. The quantitative estimate of drug-likeness (QED) is 0.564. The van der Waals surface area contributed by atoms with E-state index >= 15 is 0 Å². The number of thiazole rings is 1. The Bertz CT molecular complexity index is 805. The van der Waals surface area contributed by atoms with Crippen LogP contribution in [0.25, 0.3) is 0 Å². The zero-order valence-electron chi connectivity index (χ0n) is 17.6. The normalized spacial score (nSPS) is 15.4. The van der Waals surface area contributed by atoms with Gasteiger partial charge < -0.3 is 15.5 Å². The van der Waals surface area contributed by atoms with Gasteiger partial charge in [-0.1, -0.05) is 30.3 Å². The fraction of sp³-hybridized carbons (Fsp3) is 0.500. The minimum atomic E-state index is 0.132. The maximum atomic E-state index is 12.6. The second kappa shape index (κ2) is 10.4. The first kappa shape index (κ1) is 21.3. The number of aryl methyl sites for hydroxylation is 2. The van der Waals surface area contributed by atoms with Gasteiger partial charge in [-0.15, -0.1) is 11.3 Å². The van der Waals surface area contributed by atoms with Crippen molar-refractivity contribution in [3.8, 4) is 0 Å². The highest BCUT2D eigenvalue weighted by Gasteiger charge is 2.22. The Balaban J connectivity index is 1.38. The first-order chi connectivity index (χ1) is 14.0. The number of nitrogens with zero attached hydrogens (tertiary/aromatic N) is 3. The van der Waals surface area contributed by atoms with Crippen molar-refractivity contribution in [3.05, 3.63) is 51.5 Å². The number of nitrogens with one attached hydrogen (secondary N) is 2. The fourth-order valence-electron chi connectivity index (χ4n) is 3.60. The molecule has 7 heteroatoms. The molecule has 2 N–H and O–H groups in total. The van der Waals surface area contributed by atoms with Crippen LogP contribution in [0.2, 0.25) is 0 Å². The fourth-order valence-corrected chi connectivity index (χ4v) is 4.47. The van der Waals surface area contributed by atoms with Gasteiger partial charge >= 0.3 is 0 Å². The molecule has 6 nitrogen and oxygen atoms in total. The number of carbonyl (C=O) groups is 1. The van der Waals surface area contributed by atoms with Gasteiger partial charge in [0.2, 0.25) is 5.91 Å². The van der Waals surface area contributed by atoms with Crippen LogP contribution in [0.3, 0.4) is 0 Å². The third-order valence-electron chi connectivity index (χ3n) is 5.44. The van der Waals surface area contributed by atoms with Gasteiger partial charge in [0.25, 0.3) is 0 Å². The zero-order chi connectivity index (χ0) is 20.6. The molecule has 2 aromatic rings. The van der Waals surface area contributed by atoms with E-state index in [1.807, 2.05) is 11.8 Å². The molecule has 1 aromatic heterocycles. The van der Waals surface area contributed by atoms with Crippen molar-refractivity contribution < 1.29 is 4.79 Å². The number of hydrogen-bond donors (Lipinski definition) is 2. The van der Waals surface area contributed by atoms with Gasteiger partial charge in [-0.3, -0.25) is 9.79 Å². The number of amides is 1. The minimum Gasteiger partial charge on any atom is -0.350 e. The van der Waals surface area contributed by atoms with Crippen LogP contribution >= 0.6 is 11.3 Å². The van der Waals surface area contributed by atoms with Crippen molar-refractivity contribution in [2.24, 2.45) is 10.9 Å². The van der Waals surface area contributed by atoms with Crippen LogP contribution in [-0.4, -0.2) is 48.4 Å². The first-order valence-corrected chi connectivity index (χ1v) is 11.1. The summed E-state index contributed by atoms with van der Waals surface area (Å²) in [6, 6.07) is 10.6. The van der Waals surface area contributed by atoms with Gasteiger partial charge in [0, 0.05) is 25.0 Å². The first-order valence-electron chi connectivity index (χ1n) is 10.2. The van der Waals surface area contributed by atoms with Gasteiger partial charge in [0.05, 0.1) is 18.8 Å². The van der Waals surface area contributed by atoms with Crippen molar-refractivity contribution in [3.63, 3.8) is 0 Å². The van der Waals surface area contributed by atoms with E-state index in [9.17, 15) is 4.79 Å². The van der Waals surface area contributed by atoms with Crippen LogP contribution in [0, 0.1) is 19.8 Å². The van der Waals surface area contributed by atoms with E-state index in [0.717, 1.165) is 43.1 Å². The molecule has 1 saturated heterocycles.